The lowest BCUT2D eigenvalue weighted by Crippen LogP contribution is -2.37. The number of nitrogens with zero attached hydrogens (tertiary/aromatic N) is 1. The Kier molecular flexibility index (Phi) is 5.51. The van der Waals surface area contributed by atoms with Crippen molar-refractivity contribution in [2.24, 2.45) is 0 Å². The van der Waals surface area contributed by atoms with E-state index in [9.17, 15) is 13.2 Å². The fourth-order valence-electron chi connectivity index (χ4n) is 1.89. The van der Waals surface area contributed by atoms with Gasteiger partial charge in [-0.1, -0.05) is 41.4 Å². The standard InChI is InChI=1S/C15H14Cl2N2O3S/c1-23(21,22)19(12-7-8-13(16)14(17)9-12)10-15(20)18-11-5-3-2-4-6-11/h2-9H,10H2,1H3,(H,18,20). The molecule has 1 amide bonds. The van der Waals surface area contributed by atoms with Gasteiger partial charge in [-0.2, -0.15) is 0 Å². The van der Waals surface area contributed by atoms with Gasteiger partial charge in [0, 0.05) is 5.69 Å². The summed E-state index contributed by atoms with van der Waals surface area (Å²) >= 11 is 11.8. The summed E-state index contributed by atoms with van der Waals surface area (Å²) < 4.78 is 24.9. The highest BCUT2D eigenvalue weighted by Crippen LogP contribution is 2.28. The lowest BCUT2D eigenvalue weighted by atomic mass is 10.3. The number of halogens is 2. The Morgan fingerprint density at radius 1 is 1.09 bits per heavy atom. The fourth-order valence-corrected chi connectivity index (χ4v) is 3.03. The lowest BCUT2D eigenvalue weighted by molar-refractivity contribution is -0.114. The molecule has 0 saturated heterocycles. The number of amides is 1. The van der Waals surface area contributed by atoms with E-state index in [-0.39, 0.29) is 17.3 Å². The summed E-state index contributed by atoms with van der Waals surface area (Å²) in [5.41, 5.74) is 0.852. The second-order valence-electron chi connectivity index (χ2n) is 4.78. The van der Waals surface area contributed by atoms with Crippen molar-refractivity contribution in [3.63, 3.8) is 0 Å². The third-order valence-electron chi connectivity index (χ3n) is 2.94. The minimum absolute atomic E-state index is 0.210. The Labute approximate surface area is 144 Å². The minimum atomic E-state index is -3.66. The average molecular weight is 373 g/mol. The Morgan fingerprint density at radius 2 is 1.74 bits per heavy atom. The Bertz CT molecular complexity index is 811. The van der Waals surface area contributed by atoms with Crippen LogP contribution in [0, 0.1) is 0 Å². The van der Waals surface area contributed by atoms with Gasteiger partial charge >= 0.3 is 0 Å². The summed E-state index contributed by atoms with van der Waals surface area (Å²) in [6, 6.07) is 13.1. The second-order valence-corrected chi connectivity index (χ2v) is 7.50. The molecule has 1 N–H and O–H groups in total. The zero-order chi connectivity index (χ0) is 17.0. The van der Waals surface area contributed by atoms with Gasteiger partial charge in [0.15, 0.2) is 0 Å². The molecule has 0 spiro atoms. The molecule has 0 unspecified atom stereocenters. The zero-order valence-electron chi connectivity index (χ0n) is 12.2. The number of benzene rings is 2. The molecule has 8 heteroatoms. The molecule has 122 valence electrons. The van der Waals surface area contributed by atoms with Crippen LogP contribution in [0.15, 0.2) is 48.5 Å². The van der Waals surface area contributed by atoms with Gasteiger partial charge in [0.1, 0.15) is 6.54 Å². The molecule has 0 aliphatic rings. The molecule has 0 aliphatic heterocycles. The SMILES string of the molecule is CS(=O)(=O)N(CC(=O)Nc1ccccc1)c1ccc(Cl)c(Cl)c1. The number of carbonyl (C=O) groups is 1. The van der Waals surface area contributed by atoms with Crippen molar-refractivity contribution in [1.82, 2.24) is 0 Å². The maximum atomic E-state index is 12.1. The van der Waals surface area contributed by atoms with E-state index in [1.54, 1.807) is 24.3 Å². The van der Waals surface area contributed by atoms with Crippen molar-refractivity contribution >= 4 is 50.5 Å². The summed E-state index contributed by atoms with van der Waals surface area (Å²) in [5, 5.41) is 3.15. The monoisotopic (exact) mass is 372 g/mol. The van der Waals surface area contributed by atoms with E-state index in [2.05, 4.69) is 5.32 Å². The van der Waals surface area contributed by atoms with Crippen LogP contribution in [0.2, 0.25) is 10.0 Å². The molecule has 0 fully saturated rings. The van der Waals surface area contributed by atoms with Gasteiger partial charge in [-0.3, -0.25) is 9.10 Å². The Hall–Kier alpha value is -1.76. The van der Waals surface area contributed by atoms with Gasteiger partial charge < -0.3 is 5.32 Å². The second kappa shape index (κ2) is 7.21. The van der Waals surface area contributed by atoms with Crippen molar-refractivity contribution in [3.8, 4) is 0 Å². The van der Waals surface area contributed by atoms with Crippen LogP contribution in [-0.2, 0) is 14.8 Å². The van der Waals surface area contributed by atoms with Crippen molar-refractivity contribution in [3.05, 3.63) is 58.6 Å². The summed E-state index contributed by atoms with van der Waals surface area (Å²) in [6.45, 7) is -0.369. The number of carbonyl (C=O) groups excluding carboxylic acids is 1. The molecule has 2 aromatic carbocycles. The maximum absolute atomic E-state index is 12.1. The average Bonchev–Trinajstić information content (AvgIpc) is 2.48. The fraction of sp³-hybridized carbons (Fsp3) is 0.133. The quantitative estimate of drug-likeness (QED) is 0.874. The first-order valence-electron chi connectivity index (χ1n) is 6.55. The van der Waals surface area contributed by atoms with Crippen LogP contribution in [0.25, 0.3) is 0 Å². The highest BCUT2D eigenvalue weighted by atomic mass is 35.5. The van der Waals surface area contributed by atoms with Crippen molar-refractivity contribution < 1.29 is 13.2 Å². The molecule has 0 bridgehead atoms. The van der Waals surface area contributed by atoms with E-state index in [0.29, 0.717) is 10.7 Å². The van der Waals surface area contributed by atoms with E-state index in [1.807, 2.05) is 6.07 Å². The van der Waals surface area contributed by atoms with Crippen LogP contribution in [0.3, 0.4) is 0 Å². The predicted molar refractivity (Wildman–Crippen MR) is 93.7 cm³/mol. The van der Waals surface area contributed by atoms with Gasteiger partial charge in [0.2, 0.25) is 15.9 Å². The molecule has 5 nitrogen and oxygen atoms in total. The number of hydrogen-bond acceptors (Lipinski definition) is 3. The van der Waals surface area contributed by atoms with Crippen LogP contribution in [-0.4, -0.2) is 27.1 Å². The van der Waals surface area contributed by atoms with Crippen LogP contribution >= 0.6 is 23.2 Å². The first-order chi connectivity index (χ1) is 10.8. The summed E-state index contributed by atoms with van der Waals surface area (Å²) in [7, 11) is -3.66. The normalized spacial score (nSPS) is 11.1. The van der Waals surface area contributed by atoms with E-state index in [1.165, 1.54) is 18.2 Å². The van der Waals surface area contributed by atoms with Gasteiger partial charge in [-0.25, -0.2) is 8.42 Å². The van der Waals surface area contributed by atoms with Crippen molar-refractivity contribution in [2.45, 2.75) is 0 Å². The van der Waals surface area contributed by atoms with Crippen LogP contribution in [0.1, 0.15) is 0 Å². The highest BCUT2D eigenvalue weighted by Gasteiger charge is 2.21. The first kappa shape index (κ1) is 17.6. The van der Waals surface area contributed by atoms with Crippen LogP contribution in [0.4, 0.5) is 11.4 Å². The maximum Gasteiger partial charge on any atom is 0.245 e. The highest BCUT2D eigenvalue weighted by molar-refractivity contribution is 7.92. The van der Waals surface area contributed by atoms with Crippen molar-refractivity contribution in [2.75, 3.05) is 22.4 Å². The molecule has 2 aromatic rings. The number of rotatable bonds is 5. The third kappa shape index (κ3) is 4.86. The number of anilines is 2. The van der Waals surface area contributed by atoms with Gasteiger partial charge in [0.25, 0.3) is 0 Å². The zero-order valence-corrected chi connectivity index (χ0v) is 14.5. The van der Waals surface area contributed by atoms with E-state index < -0.39 is 15.9 Å². The summed E-state index contributed by atoms with van der Waals surface area (Å²) in [4.78, 5) is 12.1. The lowest BCUT2D eigenvalue weighted by Gasteiger charge is -2.22. The van der Waals surface area contributed by atoms with Crippen molar-refractivity contribution in [1.29, 1.82) is 0 Å². The summed E-state index contributed by atoms with van der Waals surface area (Å²) in [6.07, 6.45) is 1.02. The molecular weight excluding hydrogens is 359 g/mol. The molecule has 0 atom stereocenters. The molecule has 0 radical (unpaired) electrons. The van der Waals surface area contributed by atoms with Crippen LogP contribution < -0.4 is 9.62 Å². The van der Waals surface area contributed by atoms with Gasteiger partial charge in [-0.15, -0.1) is 0 Å². The van der Waals surface area contributed by atoms with Gasteiger partial charge in [0.05, 0.1) is 22.0 Å². The van der Waals surface area contributed by atoms with E-state index in [4.69, 9.17) is 23.2 Å². The van der Waals surface area contributed by atoms with E-state index >= 15 is 0 Å². The number of sulfonamides is 1. The molecule has 0 heterocycles. The predicted octanol–water partition coefficient (Wildman–Crippen LogP) is 3.40. The molecule has 0 aromatic heterocycles. The molecule has 0 saturated carbocycles. The smallest absolute Gasteiger partial charge is 0.245 e. The summed E-state index contributed by atoms with van der Waals surface area (Å²) in [5.74, 6) is -0.465. The minimum Gasteiger partial charge on any atom is -0.325 e. The van der Waals surface area contributed by atoms with Gasteiger partial charge in [-0.05, 0) is 30.3 Å². The molecule has 2 rings (SSSR count). The van der Waals surface area contributed by atoms with E-state index in [0.717, 1.165) is 10.6 Å². The first-order valence-corrected chi connectivity index (χ1v) is 9.15. The third-order valence-corrected chi connectivity index (χ3v) is 4.82. The largest absolute Gasteiger partial charge is 0.325 e. The Balaban J connectivity index is 2.23. The molecule has 23 heavy (non-hydrogen) atoms. The Morgan fingerprint density at radius 3 is 2.30 bits per heavy atom. The molecular formula is C15H14Cl2N2O3S. The number of nitrogens with one attached hydrogen (secondary N) is 1. The number of para-hydroxylation sites is 1. The molecule has 0 aliphatic carbocycles. The number of hydrogen-bond donors (Lipinski definition) is 1. The topological polar surface area (TPSA) is 66.5 Å². The van der Waals surface area contributed by atoms with Crippen LogP contribution in [0.5, 0.6) is 0 Å².